The van der Waals surface area contributed by atoms with Crippen LogP contribution >= 0.6 is 0 Å². The molecule has 0 radical (unpaired) electrons. The molecular formula is C57H78O2. The van der Waals surface area contributed by atoms with Gasteiger partial charge >= 0.3 is 0 Å². The summed E-state index contributed by atoms with van der Waals surface area (Å²) in [6.07, 6.45) is 16.1. The highest BCUT2D eigenvalue weighted by molar-refractivity contribution is 5.56. The fourth-order valence-electron chi connectivity index (χ4n) is 8.31. The molecule has 0 bridgehead atoms. The molecule has 59 heavy (non-hydrogen) atoms. The Hall–Kier alpha value is -4.24. The second-order valence-electron chi connectivity index (χ2n) is 14.9. The fourth-order valence-corrected chi connectivity index (χ4v) is 8.31. The minimum Gasteiger partial charge on any atom is -0.493 e. The third kappa shape index (κ3) is 14.5. The summed E-state index contributed by atoms with van der Waals surface area (Å²) in [6.45, 7) is 22.0. The Labute approximate surface area is 362 Å². The van der Waals surface area contributed by atoms with Gasteiger partial charge < -0.3 is 9.47 Å². The highest BCUT2D eigenvalue weighted by atomic mass is 16.5. The molecule has 1 aliphatic heterocycles. The Morgan fingerprint density at radius 1 is 0.576 bits per heavy atom. The molecule has 3 aliphatic rings. The first-order valence-corrected chi connectivity index (χ1v) is 23.9. The molecule has 2 aliphatic carbocycles. The lowest BCUT2D eigenvalue weighted by atomic mass is 9.71. The number of rotatable bonds is 8. The molecule has 0 saturated carbocycles. The van der Waals surface area contributed by atoms with Crippen molar-refractivity contribution in [2.75, 3.05) is 13.2 Å². The average molecular weight is 795 g/mol. The first kappa shape index (κ1) is 49.1. The summed E-state index contributed by atoms with van der Waals surface area (Å²) in [5, 5.41) is 0. The molecule has 3 atom stereocenters. The summed E-state index contributed by atoms with van der Waals surface area (Å²) in [5.41, 5.74) is 13.2. The van der Waals surface area contributed by atoms with Crippen molar-refractivity contribution >= 4 is 0 Å². The summed E-state index contributed by atoms with van der Waals surface area (Å²) in [7, 11) is 0. The Bertz CT molecular complexity index is 1890. The Morgan fingerprint density at radius 3 is 1.80 bits per heavy atom. The third-order valence-corrected chi connectivity index (χ3v) is 11.2. The maximum absolute atomic E-state index is 6.66. The topological polar surface area (TPSA) is 18.5 Å². The highest BCUT2D eigenvalue weighted by Gasteiger charge is 2.37. The normalized spacial score (nSPS) is 16.9. The molecule has 0 saturated heterocycles. The van der Waals surface area contributed by atoms with Gasteiger partial charge in [0.2, 0.25) is 0 Å². The molecule has 4 aromatic carbocycles. The lowest BCUT2D eigenvalue weighted by Gasteiger charge is -2.37. The van der Waals surface area contributed by atoms with Crippen molar-refractivity contribution in [2.24, 2.45) is 5.92 Å². The van der Waals surface area contributed by atoms with Crippen LogP contribution in [0.25, 0.3) is 0 Å². The fraction of sp³-hybridized carbons (Fsp3) is 0.509. The van der Waals surface area contributed by atoms with Crippen molar-refractivity contribution < 1.29 is 9.47 Å². The predicted molar refractivity (Wildman–Crippen MR) is 256 cm³/mol. The first-order chi connectivity index (χ1) is 29.2. The molecule has 318 valence electrons. The van der Waals surface area contributed by atoms with E-state index in [9.17, 15) is 0 Å². The highest BCUT2D eigenvalue weighted by Crippen LogP contribution is 2.47. The van der Waals surface area contributed by atoms with Gasteiger partial charge in [-0.15, -0.1) is 0 Å². The van der Waals surface area contributed by atoms with Crippen LogP contribution in [-0.4, -0.2) is 19.3 Å². The maximum Gasteiger partial charge on any atom is 0.123 e. The number of ether oxygens (including phenoxy) is 2. The van der Waals surface area contributed by atoms with E-state index in [4.69, 9.17) is 9.47 Å². The molecule has 7 rings (SSSR count). The van der Waals surface area contributed by atoms with E-state index < -0.39 is 0 Å². The van der Waals surface area contributed by atoms with E-state index in [0.29, 0.717) is 12.5 Å². The molecule has 0 fully saturated rings. The Morgan fingerprint density at radius 2 is 1.17 bits per heavy atom. The third-order valence-electron chi connectivity index (χ3n) is 11.2. The second kappa shape index (κ2) is 28.3. The summed E-state index contributed by atoms with van der Waals surface area (Å²) in [5.74, 6) is 15.7. The molecule has 4 aromatic rings. The summed E-state index contributed by atoms with van der Waals surface area (Å²) < 4.78 is 13.2. The number of hydrogen-bond acceptors (Lipinski definition) is 2. The predicted octanol–water partition coefficient (Wildman–Crippen LogP) is 15.1. The van der Waals surface area contributed by atoms with E-state index in [0.717, 1.165) is 80.4 Å². The molecule has 0 aromatic heterocycles. The molecule has 0 spiro atoms. The number of benzene rings is 4. The zero-order valence-corrected chi connectivity index (χ0v) is 38.9. The standard InChI is InChI=1S/C49H54O2.4C2H6/c1-3-5-7-10-36-12-16-38(17-13-36)20-22-40-24-28-44-42(34-40)26-30-46-48(44)49-45-29-25-41(35-43(45)27-31-47(49)51-33-9-32-50-46)23-21-39-18-14-37(15-19-39)11-8-6-4-2;4*1-2/h12-19,24,27-28,31,34,41,46,48H,3-11,25-26,29-30,32-33,35H2,1-2H3;4*1-2H3/t41-,46+,48-;;;;/m0..../s1. The van der Waals surface area contributed by atoms with Crippen molar-refractivity contribution in [2.45, 2.75) is 171 Å². The lowest BCUT2D eigenvalue weighted by molar-refractivity contribution is 0.0301. The molecule has 2 nitrogen and oxygen atoms in total. The van der Waals surface area contributed by atoms with E-state index >= 15 is 0 Å². The van der Waals surface area contributed by atoms with Crippen molar-refractivity contribution in [1.29, 1.82) is 0 Å². The Balaban J connectivity index is 0.00000110. The van der Waals surface area contributed by atoms with Crippen molar-refractivity contribution in [3.8, 4) is 29.4 Å². The molecular weight excluding hydrogens is 717 g/mol. The van der Waals surface area contributed by atoms with Crippen LogP contribution in [0, 0.1) is 29.6 Å². The summed E-state index contributed by atoms with van der Waals surface area (Å²) in [6, 6.07) is 29.2. The quantitative estimate of drug-likeness (QED) is 0.131. The van der Waals surface area contributed by atoms with Gasteiger partial charge in [-0.25, -0.2) is 0 Å². The van der Waals surface area contributed by atoms with Crippen molar-refractivity contribution in [3.63, 3.8) is 0 Å². The van der Waals surface area contributed by atoms with E-state index in [1.807, 2.05) is 55.4 Å². The van der Waals surface area contributed by atoms with Gasteiger partial charge in [0, 0.05) is 40.5 Å². The molecule has 2 heteroatoms. The van der Waals surface area contributed by atoms with Gasteiger partial charge in [-0.1, -0.05) is 155 Å². The van der Waals surface area contributed by atoms with E-state index in [2.05, 4.69) is 116 Å². The van der Waals surface area contributed by atoms with Gasteiger partial charge in [-0.2, -0.15) is 0 Å². The molecule has 0 N–H and O–H groups in total. The largest absolute Gasteiger partial charge is 0.493 e. The van der Waals surface area contributed by atoms with Crippen LogP contribution in [0.1, 0.15) is 189 Å². The number of hydrogen-bond donors (Lipinski definition) is 0. The number of aryl methyl sites for hydroxylation is 3. The SMILES string of the molecule is CC.CC.CC.CC.CCCCCc1ccc(C#Cc2ccc3c(c2)CC[C@H]2OCCCOc4ccc5c(c4[C@@H]32)CC[C@H](C#Cc2ccc(CCCCC)cc2)C5)cc1. The van der Waals surface area contributed by atoms with Gasteiger partial charge in [-0.3, -0.25) is 0 Å². The van der Waals surface area contributed by atoms with Gasteiger partial charge in [-0.05, 0) is 134 Å². The zero-order chi connectivity index (χ0) is 42.8. The van der Waals surface area contributed by atoms with Crippen LogP contribution in [-0.2, 0) is 36.8 Å². The van der Waals surface area contributed by atoms with E-state index in [-0.39, 0.29) is 12.0 Å². The van der Waals surface area contributed by atoms with E-state index in [1.165, 1.54) is 77.5 Å². The van der Waals surface area contributed by atoms with Crippen molar-refractivity contribution in [1.82, 2.24) is 0 Å². The Kier molecular flexibility index (Phi) is 23.5. The first-order valence-electron chi connectivity index (χ1n) is 23.9. The van der Waals surface area contributed by atoms with Crippen molar-refractivity contribution in [3.05, 3.63) is 134 Å². The van der Waals surface area contributed by atoms with Crippen LogP contribution in [0.2, 0.25) is 0 Å². The zero-order valence-electron chi connectivity index (χ0n) is 38.9. The number of unbranched alkanes of at least 4 members (excludes halogenated alkanes) is 4. The van der Waals surface area contributed by atoms with Gasteiger partial charge in [0.05, 0.1) is 19.3 Å². The second-order valence-corrected chi connectivity index (χ2v) is 14.9. The summed E-state index contributed by atoms with van der Waals surface area (Å²) in [4.78, 5) is 0. The number of fused-ring (bicyclic) bond motifs is 7. The summed E-state index contributed by atoms with van der Waals surface area (Å²) >= 11 is 0. The minimum atomic E-state index is 0.152. The van der Waals surface area contributed by atoms with Gasteiger partial charge in [0.1, 0.15) is 5.75 Å². The smallest absolute Gasteiger partial charge is 0.123 e. The molecule has 0 unspecified atom stereocenters. The van der Waals surface area contributed by atoms with E-state index in [1.54, 1.807) is 0 Å². The minimum absolute atomic E-state index is 0.152. The van der Waals surface area contributed by atoms with Crippen LogP contribution in [0.3, 0.4) is 0 Å². The van der Waals surface area contributed by atoms with Crippen LogP contribution in [0.15, 0.2) is 78.9 Å². The molecule has 0 amide bonds. The maximum atomic E-state index is 6.66. The van der Waals surface area contributed by atoms with Gasteiger partial charge in [0.15, 0.2) is 0 Å². The van der Waals surface area contributed by atoms with Crippen LogP contribution in [0.5, 0.6) is 5.75 Å². The average Bonchev–Trinajstić information content (AvgIpc) is 3.40. The van der Waals surface area contributed by atoms with Crippen LogP contribution in [0.4, 0.5) is 0 Å². The monoisotopic (exact) mass is 795 g/mol. The lowest BCUT2D eigenvalue weighted by Crippen LogP contribution is -2.31. The van der Waals surface area contributed by atoms with Crippen LogP contribution < -0.4 is 4.74 Å². The van der Waals surface area contributed by atoms with Gasteiger partial charge in [0.25, 0.3) is 0 Å². The molecule has 1 heterocycles.